The van der Waals surface area contributed by atoms with Gasteiger partial charge in [0.05, 0.1) is 0 Å². The number of carbonyl (C=O) groups excluding carboxylic acids is 2. The topological polar surface area (TPSA) is 71.5 Å². The Hall–Kier alpha value is -2.16. The van der Waals surface area contributed by atoms with Gasteiger partial charge in [-0.3, -0.25) is 14.6 Å². The summed E-state index contributed by atoms with van der Waals surface area (Å²) in [6.07, 6.45) is 4.72. The van der Waals surface area contributed by atoms with E-state index in [-0.39, 0.29) is 24.5 Å². The van der Waals surface area contributed by atoms with Crippen LogP contribution in [0.25, 0.3) is 0 Å². The number of amides is 2. The van der Waals surface area contributed by atoms with Crippen molar-refractivity contribution in [3.05, 3.63) is 57.9 Å². The van der Waals surface area contributed by atoms with E-state index >= 15 is 0 Å². The summed E-state index contributed by atoms with van der Waals surface area (Å²) in [6, 6.07) is 11.1. The smallest absolute Gasteiger partial charge is 0.258 e. The number of pyridine rings is 1. The van der Waals surface area contributed by atoms with Crippen LogP contribution in [0.1, 0.15) is 23.2 Å². The Balaban J connectivity index is 1.41. The van der Waals surface area contributed by atoms with Gasteiger partial charge in [-0.2, -0.15) is 0 Å². The lowest BCUT2D eigenvalue weighted by atomic mass is 10.0. The molecule has 1 N–H and O–H groups in total. The van der Waals surface area contributed by atoms with E-state index in [0.717, 1.165) is 16.4 Å². The van der Waals surface area contributed by atoms with Crippen LogP contribution < -0.4 is 10.1 Å². The van der Waals surface area contributed by atoms with Crippen LogP contribution in [0.5, 0.6) is 5.75 Å². The molecule has 0 bridgehead atoms. The first-order valence-electron chi connectivity index (χ1n) is 8.49. The van der Waals surface area contributed by atoms with Crippen LogP contribution in [0.2, 0.25) is 0 Å². The number of piperidine rings is 1. The first-order chi connectivity index (χ1) is 12.6. The number of nitrogens with zero attached hydrogens (tertiary/aromatic N) is 2. The highest BCUT2D eigenvalue weighted by Gasteiger charge is 2.24. The van der Waals surface area contributed by atoms with Crippen molar-refractivity contribution in [2.45, 2.75) is 18.9 Å². The van der Waals surface area contributed by atoms with Crippen LogP contribution >= 0.6 is 22.6 Å². The Kier molecular flexibility index (Phi) is 6.43. The molecule has 1 fully saturated rings. The van der Waals surface area contributed by atoms with Crippen LogP contribution in [0.3, 0.4) is 0 Å². The average Bonchev–Trinajstić information content (AvgIpc) is 2.68. The van der Waals surface area contributed by atoms with Crippen molar-refractivity contribution in [1.29, 1.82) is 0 Å². The Morgan fingerprint density at radius 1 is 1.12 bits per heavy atom. The molecule has 2 heterocycles. The van der Waals surface area contributed by atoms with E-state index in [0.29, 0.717) is 24.4 Å². The summed E-state index contributed by atoms with van der Waals surface area (Å²) in [5, 5.41) is 2.99. The van der Waals surface area contributed by atoms with Gasteiger partial charge in [0.15, 0.2) is 6.61 Å². The molecule has 136 valence electrons. The van der Waals surface area contributed by atoms with E-state index in [9.17, 15) is 9.59 Å². The van der Waals surface area contributed by atoms with Crippen molar-refractivity contribution in [3.8, 4) is 5.75 Å². The SMILES string of the molecule is O=C(COc1ccc(I)cc1)NC1CCN(C(=O)c2ccncc2)CC1. The first-order valence-corrected chi connectivity index (χ1v) is 9.57. The number of ether oxygens (including phenoxy) is 1. The van der Waals surface area contributed by atoms with Crippen LogP contribution in [0.4, 0.5) is 0 Å². The second-order valence-corrected chi connectivity index (χ2v) is 7.36. The van der Waals surface area contributed by atoms with Gasteiger partial charge in [0.25, 0.3) is 11.8 Å². The number of likely N-dealkylation sites (tertiary alicyclic amines) is 1. The van der Waals surface area contributed by atoms with Crippen molar-refractivity contribution in [2.75, 3.05) is 19.7 Å². The number of halogens is 1. The van der Waals surface area contributed by atoms with E-state index in [4.69, 9.17) is 4.74 Å². The molecule has 6 nitrogen and oxygen atoms in total. The summed E-state index contributed by atoms with van der Waals surface area (Å²) >= 11 is 2.22. The predicted molar refractivity (Wildman–Crippen MR) is 106 cm³/mol. The van der Waals surface area contributed by atoms with Crippen molar-refractivity contribution >= 4 is 34.4 Å². The number of carbonyl (C=O) groups is 2. The lowest BCUT2D eigenvalue weighted by molar-refractivity contribution is -0.124. The van der Waals surface area contributed by atoms with Gasteiger partial charge >= 0.3 is 0 Å². The highest BCUT2D eigenvalue weighted by Crippen LogP contribution is 2.15. The molecular formula is C19H20IN3O3. The van der Waals surface area contributed by atoms with Crippen LogP contribution in [-0.4, -0.2) is 47.4 Å². The molecule has 1 aliphatic heterocycles. The molecule has 2 aromatic rings. The van der Waals surface area contributed by atoms with Gasteiger partial charge in [-0.1, -0.05) is 0 Å². The third-order valence-corrected chi connectivity index (χ3v) is 4.98. The molecule has 7 heteroatoms. The largest absolute Gasteiger partial charge is 0.484 e. The van der Waals surface area contributed by atoms with E-state index < -0.39 is 0 Å². The highest BCUT2D eigenvalue weighted by atomic mass is 127. The van der Waals surface area contributed by atoms with Gasteiger partial charge in [-0.25, -0.2) is 0 Å². The van der Waals surface area contributed by atoms with Gasteiger partial charge in [0, 0.05) is 40.7 Å². The van der Waals surface area contributed by atoms with E-state index in [1.54, 1.807) is 24.5 Å². The Bertz CT molecular complexity index is 744. The Morgan fingerprint density at radius 3 is 2.42 bits per heavy atom. The molecule has 3 rings (SSSR count). The van der Waals surface area contributed by atoms with Gasteiger partial charge < -0.3 is 15.0 Å². The summed E-state index contributed by atoms with van der Waals surface area (Å²) in [7, 11) is 0. The predicted octanol–water partition coefficient (Wildman–Crippen LogP) is 2.49. The molecule has 1 aromatic heterocycles. The number of benzene rings is 1. The summed E-state index contributed by atoms with van der Waals surface area (Å²) in [4.78, 5) is 30.2. The average molecular weight is 465 g/mol. The molecular weight excluding hydrogens is 445 g/mol. The molecule has 0 spiro atoms. The van der Waals surface area contributed by atoms with E-state index in [2.05, 4.69) is 32.9 Å². The zero-order valence-electron chi connectivity index (χ0n) is 14.2. The minimum Gasteiger partial charge on any atom is -0.484 e. The molecule has 1 saturated heterocycles. The van der Waals surface area contributed by atoms with Crippen molar-refractivity contribution < 1.29 is 14.3 Å². The number of hydrogen-bond donors (Lipinski definition) is 1. The number of hydrogen-bond acceptors (Lipinski definition) is 4. The summed E-state index contributed by atoms with van der Waals surface area (Å²) < 4.78 is 6.61. The summed E-state index contributed by atoms with van der Waals surface area (Å²) in [5.41, 5.74) is 0.647. The molecule has 0 saturated carbocycles. The third-order valence-electron chi connectivity index (χ3n) is 4.26. The van der Waals surface area contributed by atoms with E-state index in [1.165, 1.54) is 0 Å². The maximum atomic E-state index is 12.4. The zero-order chi connectivity index (χ0) is 18.4. The van der Waals surface area contributed by atoms with E-state index in [1.807, 2.05) is 29.2 Å². The van der Waals surface area contributed by atoms with Crippen LogP contribution in [-0.2, 0) is 4.79 Å². The van der Waals surface area contributed by atoms with Crippen molar-refractivity contribution in [2.24, 2.45) is 0 Å². The minimum absolute atomic E-state index is 0.00322. The molecule has 26 heavy (non-hydrogen) atoms. The maximum absolute atomic E-state index is 12.4. The standard InChI is InChI=1S/C19H20IN3O3/c20-15-1-3-17(4-2-15)26-13-18(24)22-16-7-11-23(12-8-16)19(25)14-5-9-21-10-6-14/h1-6,9-10,16H,7-8,11-13H2,(H,22,24). The normalized spacial score (nSPS) is 14.7. The fraction of sp³-hybridized carbons (Fsp3) is 0.316. The molecule has 1 aliphatic rings. The zero-order valence-corrected chi connectivity index (χ0v) is 16.4. The van der Waals surface area contributed by atoms with Crippen LogP contribution in [0.15, 0.2) is 48.8 Å². The van der Waals surface area contributed by atoms with Gasteiger partial charge in [0.1, 0.15) is 5.75 Å². The molecule has 0 aliphatic carbocycles. The monoisotopic (exact) mass is 465 g/mol. The maximum Gasteiger partial charge on any atom is 0.258 e. The van der Waals surface area contributed by atoms with Gasteiger partial charge in [-0.05, 0) is 71.8 Å². The third kappa shape index (κ3) is 5.17. The second kappa shape index (κ2) is 8.98. The molecule has 2 amide bonds. The highest BCUT2D eigenvalue weighted by molar-refractivity contribution is 14.1. The summed E-state index contributed by atoms with van der Waals surface area (Å²) in [6.45, 7) is 1.25. The van der Waals surface area contributed by atoms with Gasteiger partial charge in [0.2, 0.25) is 0 Å². The minimum atomic E-state index is -0.137. The van der Waals surface area contributed by atoms with Crippen molar-refractivity contribution in [1.82, 2.24) is 15.2 Å². The molecule has 1 aromatic carbocycles. The first kappa shape index (κ1) is 18.6. The fourth-order valence-electron chi connectivity index (χ4n) is 2.85. The molecule has 0 unspecified atom stereocenters. The summed E-state index contributed by atoms with van der Waals surface area (Å²) in [5.74, 6) is 0.556. The lowest BCUT2D eigenvalue weighted by Crippen LogP contribution is -2.47. The molecule has 0 atom stereocenters. The Morgan fingerprint density at radius 2 is 1.77 bits per heavy atom. The lowest BCUT2D eigenvalue weighted by Gasteiger charge is -2.32. The van der Waals surface area contributed by atoms with Gasteiger partial charge in [-0.15, -0.1) is 0 Å². The Labute approximate surface area is 166 Å². The fourth-order valence-corrected chi connectivity index (χ4v) is 3.21. The van der Waals surface area contributed by atoms with Crippen LogP contribution in [0, 0.1) is 3.57 Å². The number of aromatic nitrogens is 1. The number of nitrogens with one attached hydrogen (secondary N) is 1. The quantitative estimate of drug-likeness (QED) is 0.690. The second-order valence-electron chi connectivity index (χ2n) is 6.11. The molecule has 0 radical (unpaired) electrons. The van der Waals surface area contributed by atoms with Crippen molar-refractivity contribution in [3.63, 3.8) is 0 Å². The number of rotatable bonds is 5.